The molecule has 154 valence electrons. The van der Waals surface area contributed by atoms with Crippen LogP contribution in [0.3, 0.4) is 0 Å². The fourth-order valence-corrected chi connectivity index (χ4v) is 3.93. The Bertz CT molecular complexity index is 1130. The molecular formula is C24H24N2O4. The van der Waals surface area contributed by atoms with Gasteiger partial charge in [0.2, 0.25) is 0 Å². The number of carbonyl (C=O) groups excluding carboxylic acids is 1. The summed E-state index contributed by atoms with van der Waals surface area (Å²) in [5.74, 6) is -0.404. The van der Waals surface area contributed by atoms with Gasteiger partial charge in [-0.1, -0.05) is 49.4 Å². The Labute approximate surface area is 175 Å². The van der Waals surface area contributed by atoms with Crippen LogP contribution in [-0.2, 0) is 23.3 Å². The second kappa shape index (κ2) is 7.44. The summed E-state index contributed by atoms with van der Waals surface area (Å²) in [6, 6.07) is 14.7. The number of aromatic carboxylic acids is 1. The molecule has 0 saturated heterocycles. The van der Waals surface area contributed by atoms with Crippen molar-refractivity contribution in [1.82, 2.24) is 9.55 Å². The number of cyclic esters (lactones) is 1. The molecule has 0 bridgehead atoms. The van der Waals surface area contributed by atoms with Crippen LogP contribution in [0.2, 0.25) is 0 Å². The van der Waals surface area contributed by atoms with Gasteiger partial charge in [-0.15, -0.1) is 0 Å². The molecule has 30 heavy (non-hydrogen) atoms. The van der Waals surface area contributed by atoms with Gasteiger partial charge in [-0.25, -0.2) is 14.6 Å². The molecule has 0 spiro atoms. The van der Waals surface area contributed by atoms with E-state index in [1.807, 2.05) is 48.7 Å². The fourth-order valence-electron chi connectivity index (χ4n) is 3.93. The number of esters is 1. The number of ether oxygens (including phenoxy) is 1. The van der Waals surface area contributed by atoms with E-state index in [0.29, 0.717) is 23.5 Å². The molecule has 1 N–H and O–H groups in total. The molecule has 1 aliphatic rings. The normalized spacial score (nSPS) is 14.4. The predicted molar refractivity (Wildman–Crippen MR) is 113 cm³/mol. The number of aromatic nitrogens is 2. The van der Waals surface area contributed by atoms with E-state index in [2.05, 4.69) is 6.92 Å². The molecule has 3 aromatic rings. The van der Waals surface area contributed by atoms with Crippen molar-refractivity contribution < 1.29 is 19.4 Å². The number of hydrogen-bond donors (Lipinski definition) is 1. The number of imidazole rings is 1. The largest absolute Gasteiger partial charge is 0.478 e. The summed E-state index contributed by atoms with van der Waals surface area (Å²) in [4.78, 5) is 28.7. The zero-order valence-electron chi connectivity index (χ0n) is 17.3. The Morgan fingerprint density at radius 1 is 1.13 bits per heavy atom. The lowest BCUT2D eigenvalue weighted by Gasteiger charge is -2.15. The van der Waals surface area contributed by atoms with E-state index < -0.39 is 11.6 Å². The van der Waals surface area contributed by atoms with Crippen molar-refractivity contribution in [1.29, 1.82) is 0 Å². The maximum Gasteiger partial charge on any atom is 0.358 e. The maximum atomic E-state index is 12.5. The number of carboxylic acid groups (broad SMARTS) is 1. The van der Waals surface area contributed by atoms with E-state index in [9.17, 15) is 14.7 Å². The molecule has 1 aromatic heterocycles. The third kappa shape index (κ3) is 3.38. The van der Waals surface area contributed by atoms with E-state index in [0.717, 1.165) is 29.8 Å². The Morgan fingerprint density at radius 3 is 2.50 bits per heavy atom. The second-order valence-electron chi connectivity index (χ2n) is 8.01. The van der Waals surface area contributed by atoms with Crippen LogP contribution >= 0.6 is 0 Å². The van der Waals surface area contributed by atoms with Crippen molar-refractivity contribution in [2.24, 2.45) is 0 Å². The molecule has 2 aromatic carbocycles. The zero-order valence-corrected chi connectivity index (χ0v) is 17.3. The van der Waals surface area contributed by atoms with Gasteiger partial charge in [-0.2, -0.15) is 0 Å². The minimum atomic E-state index is -0.950. The van der Waals surface area contributed by atoms with Gasteiger partial charge in [0, 0.05) is 13.0 Å². The molecule has 0 atom stereocenters. The summed E-state index contributed by atoms with van der Waals surface area (Å²) in [5.41, 5.74) is 3.30. The monoisotopic (exact) mass is 404 g/mol. The maximum absolute atomic E-state index is 12.5. The first kappa shape index (κ1) is 19.9. The number of aryl methyl sites for hydroxylation is 1. The van der Waals surface area contributed by atoms with Crippen molar-refractivity contribution >= 4 is 11.9 Å². The summed E-state index contributed by atoms with van der Waals surface area (Å²) >= 11 is 0. The quantitative estimate of drug-likeness (QED) is 0.605. The first-order chi connectivity index (χ1) is 14.3. The molecule has 0 amide bonds. The molecule has 6 heteroatoms. The summed E-state index contributed by atoms with van der Waals surface area (Å²) < 4.78 is 7.46. The van der Waals surface area contributed by atoms with Gasteiger partial charge in [0.05, 0.1) is 5.56 Å². The van der Waals surface area contributed by atoms with Crippen LogP contribution in [0.1, 0.15) is 65.1 Å². The van der Waals surface area contributed by atoms with Gasteiger partial charge in [0.1, 0.15) is 11.5 Å². The third-order valence-electron chi connectivity index (χ3n) is 5.39. The highest BCUT2D eigenvalue weighted by molar-refractivity contribution is 5.96. The molecular weight excluding hydrogens is 380 g/mol. The minimum absolute atomic E-state index is 0.271. The lowest BCUT2D eigenvalue weighted by molar-refractivity contribution is 0.00732. The first-order valence-corrected chi connectivity index (χ1v) is 10.1. The van der Waals surface area contributed by atoms with Crippen LogP contribution in [0.25, 0.3) is 11.1 Å². The minimum Gasteiger partial charge on any atom is -0.478 e. The second-order valence-corrected chi connectivity index (χ2v) is 8.01. The summed E-state index contributed by atoms with van der Waals surface area (Å²) in [7, 11) is 0. The Kier molecular flexibility index (Phi) is 4.94. The van der Waals surface area contributed by atoms with Crippen molar-refractivity contribution in [3.05, 3.63) is 76.9 Å². The standard InChI is InChI=1S/C24H24N2O4/c1-4-7-19-25-21-20(23(29)30-24(21,2)3)26(19)14-15-10-12-16(13-11-15)17-8-5-6-9-18(17)22(27)28/h5-6,8-13H,4,7,14H2,1-3H3,(H,27,28). The number of fused-ring (bicyclic) bond motifs is 1. The van der Waals surface area contributed by atoms with Crippen molar-refractivity contribution in [2.45, 2.75) is 45.8 Å². The number of benzene rings is 2. The molecule has 2 heterocycles. The lowest BCUT2D eigenvalue weighted by Crippen LogP contribution is -2.18. The van der Waals surface area contributed by atoms with Gasteiger partial charge < -0.3 is 14.4 Å². The number of hydrogen-bond acceptors (Lipinski definition) is 4. The number of nitrogens with zero attached hydrogens (tertiary/aromatic N) is 2. The molecule has 4 rings (SSSR count). The number of carbonyl (C=O) groups is 2. The molecule has 0 saturated carbocycles. The van der Waals surface area contributed by atoms with Crippen molar-refractivity contribution in [2.75, 3.05) is 0 Å². The zero-order chi connectivity index (χ0) is 21.5. The van der Waals surface area contributed by atoms with Crippen molar-refractivity contribution in [3.63, 3.8) is 0 Å². The topological polar surface area (TPSA) is 81.4 Å². The highest BCUT2D eigenvalue weighted by Gasteiger charge is 2.43. The van der Waals surface area contributed by atoms with Crippen LogP contribution in [0, 0.1) is 0 Å². The highest BCUT2D eigenvalue weighted by atomic mass is 16.6. The highest BCUT2D eigenvalue weighted by Crippen LogP contribution is 2.36. The molecule has 0 unspecified atom stereocenters. The molecule has 1 aliphatic heterocycles. The van der Waals surface area contributed by atoms with E-state index >= 15 is 0 Å². The van der Waals surface area contributed by atoms with Gasteiger partial charge in [0.25, 0.3) is 0 Å². The van der Waals surface area contributed by atoms with E-state index in [1.54, 1.807) is 18.2 Å². The van der Waals surface area contributed by atoms with Crippen LogP contribution in [-0.4, -0.2) is 26.6 Å². The molecule has 6 nitrogen and oxygen atoms in total. The van der Waals surface area contributed by atoms with Gasteiger partial charge in [-0.3, -0.25) is 0 Å². The summed E-state index contributed by atoms with van der Waals surface area (Å²) in [6.45, 7) is 6.31. The predicted octanol–water partition coefficient (Wildman–Crippen LogP) is 4.65. The van der Waals surface area contributed by atoms with Gasteiger partial charge in [-0.05, 0) is 43.0 Å². The average molecular weight is 404 g/mol. The molecule has 0 aliphatic carbocycles. The van der Waals surface area contributed by atoms with Crippen LogP contribution in [0.4, 0.5) is 0 Å². The van der Waals surface area contributed by atoms with Crippen LogP contribution < -0.4 is 0 Å². The molecule has 0 fully saturated rings. The Balaban J connectivity index is 1.68. The molecule has 0 radical (unpaired) electrons. The SMILES string of the molecule is CCCc1nc2c(n1Cc1ccc(-c3ccccc3C(=O)O)cc1)C(=O)OC2(C)C. The Hall–Kier alpha value is -3.41. The van der Waals surface area contributed by atoms with Crippen LogP contribution in [0.5, 0.6) is 0 Å². The van der Waals surface area contributed by atoms with Crippen molar-refractivity contribution in [3.8, 4) is 11.1 Å². The number of carboxylic acids is 1. The smallest absolute Gasteiger partial charge is 0.358 e. The van der Waals surface area contributed by atoms with E-state index in [4.69, 9.17) is 9.72 Å². The third-order valence-corrected chi connectivity index (χ3v) is 5.39. The Morgan fingerprint density at radius 2 is 1.83 bits per heavy atom. The van der Waals surface area contributed by atoms with E-state index in [1.165, 1.54) is 0 Å². The van der Waals surface area contributed by atoms with E-state index in [-0.39, 0.29) is 11.5 Å². The average Bonchev–Trinajstić information content (AvgIpc) is 3.18. The summed E-state index contributed by atoms with van der Waals surface area (Å²) in [5, 5.41) is 9.44. The van der Waals surface area contributed by atoms with Gasteiger partial charge >= 0.3 is 11.9 Å². The number of rotatable bonds is 6. The van der Waals surface area contributed by atoms with Gasteiger partial charge in [0.15, 0.2) is 11.3 Å². The fraction of sp³-hybridized carbons (Fsp3) is 0.292. The van der Waals surface area contributed by atoms with Crippen LogP contribution in [0.15, 0.2) is 48.5 Å². The lowest BCUT2D eigenvalue weighted by atomic mass is 9.98. The first-order valence-electron chi connectivity index (χ1n) is 10.1. The summed E-state index contributed by atoms with van der Waals surface area (Å²) in [6.07, 6.45) is 1.71.